The van der Waals surface area contributed by atoms with Gasteiger partial charge in [-0.15, -0.1) is 0 Å². The lowest BCUT2D eigenvalue weighted by atomic mass is 9.70. The van der Waals surface area contributed by atoms with Crippen molar-refractivity contribution in [1.29, 1.82) is 0 Å². The number of para-hydroxylation sites is 2. The SMILES string of the molecule is CC1(C)c2ccccc2-c2cc(N(c3ccc4c(c3)C3(c5ccccc5-c5ccccc53)c3ccccc3-4)c3ccc4c(c5c(c6ccccc64)C=CCC5)c3-c3cccc4c3oc3ccccc34)ccc21. The lowest BCUT2D eigenvalue weighted by molar-refractivity contribution is 0.660. The van der Waals surface area contributed by atoms with Crippen molar-refractivity contribution in [3.8, 4) is 44.5 Å². The van der Waals surface area contributed by atoms with Gasteiger partial charge in [0.05, 0.1) is 11.1 Å². The number of rotatable bonds is 4. The van der Waals surface area contributed by atoms with Gasteiger partial charge in [0.15, 0.2) is 0 Å². The van der Waals surface area contributed by atoms with E-state index in [2.05, 4.69) is 243 Å². The van der Waals surface area contributed by atoms with Gasteiger partial charge in [0, 0.05) is 38.7 Å². The van der Waals surface area contributed by atoms with Gasteiger partial charge in [-0.1, -0.05) is 202 Å². The first-order valence-corrected chi connectivity index (χ1v) is 25.6. The largest absolute Gasteiger partial charge is 0.455 e. The van der Waals surface area contributed by atoms with Crippen molar-refractivity contribution < 1.29 is 4.42 Å². The normalized spacial score (nSPS) is 14.9. The Morgan fingerprint density at radius 3 is 1.71 bits per heavy atom. The molecule has 12 aromatic rings. The van der Waals surface area contributed by atoms with Gasteiger partial charge in [0.1, 0.15) is 11.2 Å². The molecule has 0 radical (unpaired) electrons. The molecule has 2 heteroatoms. The molecular weight excluding hydrogens is 871 g/mol. The van der Waals surface area contributed by atoms with E-state index in [4.69, 9.17) is 4.42 Å². The third-order valence-electron chi connectivity index (χ3n) is 17.1. The van der Waals surface area contributed by atoms with E-state index in [1.165, 1.54) is 105 Å². The minimum absolute atomic E-state index is 0.136. The molecule has 0 atom stereocenters. The van der Waals surface area contributed by atoms with Crippen LogP contribution in [0.4, 0.5) is 17.1 Å². The Bertz CT molecular complexity index is 4320. The van der Waals surface area contributed by atoms with E-state index >= 15 is 0 Å². The molecule has 1 heterocycles. The molecule has 0 bridgehead atoms. The average Bonchev–Trinajstić information content (AvgIpc) is 4.14. The van der Waals surface area contributed by atoms with E-state index in [1.807, 2.05) is 0 Å². The zero-order valence-electron chi connectivity index (χ0n) is 40.1. The van der Waals surface area contributed by atoms with Crippen LogP contribution in [0.15, 0.2) is 223 Å². The average molecular weight is 918 g/mol. The van der Waals surface area contributed by atoms with Crippen molar-refractivity contribution in [2.45, 2.75) is 37.5 Å². The highest BCUT2D eigenvalue weighted by Gasteiger charge is 2.52. The van der Waals surface area contributed by atoms with Crippen molar-refractivity contribution >= 4 is 66.6 Å². The Morgan fingerprint density at radius 1 is 0.417 bits per heavy atom. The highest BCUT2D eigenvalue weighted by Crippen LogP contribution is 2.64. The van der Waals surface area contributed by atoms with Gasteiger partial charge in [0.2, 0.25) is 0 Å². The number of benzene rings is 11. The van der Waals surface area contributed by atoms with Crippen molar-refractivity contribution in [3.63, 3.8) is 0 Å². The fourth-order valence-corrected chi connectivity index (χ4v) is 14.2. The Hall–Kier alpha value is -8.72. The maximum Gasteiger partial charge on any atom is 0.143 e. The van der Waals surface area contributed by atoms with Crippen molar-refractivity contribution in [2.24, 2.45) is 0 Å². The summed E-state index contributed by atoms with van der Waals surface area (Å²) in [5.74, 6) is 0. The number of aryl methyl sites for hydroxylation is 1. The number of nitrogens with zero attached hydrogens (tertiary/aromatic N) is 1. The fourth-order valence-electron chi connectivity index (χ4n) is 14.2. The molecule has 0 aliphatic heterocycles. The van der Waals surface area contributed by atoms with Gasteiger partial charge in [-0.2, -0.15) is 0 Å². The van der Waals surface area contributed by atoms with Gasteiger partial charge in [-0.3, -0.25) is 0 Å². The van der Waals surface area contributed by atoms with Gasteiger partial charge >= 0.3 is 0 Å². The summed E-state index contributed by atoms with van der Waals surface area (Å²) < 4.78 is 7.08. The molecule has 1 spiro atoms. The summed E-state index contributed by atoms with van der Waals surface area (Å²) in [4.78, 5) is 2.59. The van der Waals surface area contributed by atoms with E-state index in [0.717, 1.165) is 57.4 Å². The Kier molecular flexibility index (Phi) is 8.03. The molecule has 4 aliphatic rings. The quantitative estimate of drug-likeness (QED) is 0.164. The predicted octanol–water partition coefficient (Wildman–Crippen LogP) is 18.6. The second-order valence-corrected chi connectivity index (χ2v) is 20.9. The van der Waals surface area contributed by atoms with Crippen molar-refractivity contribution in [3.05, 3.63) is 263 Å². The molecular formula is C70H47NO. The number of hydrogen-bond donors (Lipinski definition) is 0. The Morgan fingerprint density at radius 2 is 0.972 bits per heavy atom. The van der Waals surface area contributed by atoms with Crippen molar-refractivity contribution in [1.82, 2.24) is 0 Å². The maximum atomic E-state index is 7.08. The third-order valence-corrected chi connectivity index (χ3v) is 17.1. The van der Waals surface area contributed by atoms with E-state index in [0.29, 0.717) is 0 Å². The highest BCUT2D eigenvalue weighted by molar-refractivity contribution is 6.22. The summed E-state index contributed by atoms with van der Waals surface area (Å²) in [6.45, 7) is 4.75. The van der Waals surface area contributed by atoms with Crippen LogP contribution < -0.4 is 4.90 Å². The summed E-state index contributed by atoms with van der Waals surface area (Å²) in [5.41, 5.74) is 25.3. The molecule has 0 fully saturated rings. The zero-order valence-corrected chi connectivity index (χ0v) is 40.1. The molecule has 0 saturated heterocycles. The monoisotopic (exact) mass is 917 g/mol. The minimum atomic E-state index is -0.502. The molecule has 11 aromatic carbocycles. The molecule has 338 valence electrons. The topological polar surface area (TPSA) is 16.4 Å². The second-order valence-electron chi connectivity index (χ2n) is 20.9. The summed E-state index contributed by atoms with van der Waals surface area (Å²) in [5, 5.41) is 7.37. The van der Waals surface area contributed by atoms with Crippen LogP contribution in [0.2, 0.25) is 0 Å². The number of fused-ring (bicyclic) bond motifs is 22. The van der Waals surface area contributed by atoms with Crippen molar-refractivity contribution in [2.75, 3.05) is 4.90 Å². The Labute approximate surface area is 418 Å². The molecule has 0 N–H and O–H groups in total. The number of furan rings is 1. The molecule has 2 nitrogen and oxygen atoms in total. The fraction of sp³-hybridized carbons (Fsp3) is 0.0857. The van der Waals surface area contributed by atoms with Gasteiger partial charge in [-0.05, 0) is 149 Å². The molecule has 1 aromatic heterocycles. The third kappa shape index (κ3) is 5.08. The van der Waals surface area contributed by atoms with Crippen LogP contribution in [-0.4, -0.2) is 0 Å². The van der Waals surface area contributed by atoms with Crippen LogP contribution in [0.5, 0.6) is 0 Å². The minimum Gasteiger partial charge on any atom is -0.455 e. The molecule has 72 heavy (non-hydrogen) atoms. The number of hydrogen-bond acceptors (Lipinski definition) is 2. The molecule has 0 saturated carbocycles. The first-order valence-electron chi connectivity index (χ1n) is 25.6. The first kappa shape index (κ1) is 40.1. The summed E-state index contributed by atoms with van der Waals surface area (Å²) >= 11 is 0. The lowest BCUT2D eigenvalue weighted by Crippen LogP contribution is -2.26. The molecule has 16 rings (SSSR count). The van der Waals surface area contributed by atoms with Gasteiger partial charge < -0.3 is 9.32 Å². The van der Waals surface area contributed by atoms with Crippen LogP contribution in [0, 0.1) is 0 Å². The van der Waals surface area contributed by atoms with E-state index < -0.39 is 5.41 Å². The standard InChI is InChI=1S/C70H47NO/c1-69(2)58-29-12-7-24-50(58)57-40-42(35-38-59(57)69)71(43-34-36-51-49-23-10-15-32-62(49)70(63(51)41-43)60-30-13-8-21-47(60)48-22-9-14-31-61(48)70)64-39-37-54-46-20-4-3-18-44(46)45-19-5-6-26-53(45)66(54)67(64)56-28-17-27-55-52-25-11-16-33-65(52)72-68(55)56/h3-5,7-25,27-41H,6,26H2,1-2H3. The highest BCUT2D eigenvalue weighted by atomic mass is 16.3. The predicted molar refractivity (Wildman–Crippen MR) is 300 cm³/mol. The zero-order chi connectivity index (χ0) is 47.5. The van der Waals surface area contributed by atoms with E-state index in [1.54, 1.807) is 0 Å². The lowest BCUT2D eigenvalue weighted by Gasteiger charge is -2.33. The van der Waals surface area contributed by atoms with Crippen LogP contribution in [-0.2, 0) is 17.3 Å². The second kappa shape index (κ2) is 14.4. The van der Waals surface area contributed by atoms with E-state index in [-0.39, 0.29) is 5.41 Å². The number of allylic oxidation sites excluding steroid dienone is 1. The van der Waals surface area contributed by atoms with Crippen LogP contribution in [0.25, 0.3) is 94.1 Å². The molecule has 4 aliphatic carbocycles. The van der Waals surface area contributed by atoms with Gasteiger partial charge in [-0.25, -0.2) is 0 Å². The van der Waals surface area contributed by atoms with E-state index in [9.17, 15) is 0 Å². The smallest absolute Gasteiger partial charge is 0.143 e. The molecule has 0 amide bonds. The Balaban J connectivity index is 1.06. The maximum absolute atomic E-state index is 7.08. The van der Waals surface area contributed by atoms with Crippen LogP contribution >= 0.6 is 0 Å². The summed E-state index contributed by atoms with van der Waals surface area (Å²) in [6, 6.07) is 80.2. The summed E-state index contributed by atoms with van der Waals surface area (Å²) in [7, 11) is 0. The number of anilines is 3. The van der Waals surface area contributed by atoms with Gasteiger partial charge in [0.25, 0.3) is 0 Å². The van der Waals surface area contributed by atoms with Crippen LogP contribution in [0.1, 0.15) is 64.8 Å². The first-order chi connectivity index (χ1) is 35.5. The van der Waals surface area contributed by atoms with Crippen LogP contribution in [0.3, 0.4) is 0 Å². The summed E-state index contributed by atoms with van der Waals surface area (Å²) in [6.07, 6.45) is 6.67. The molecule has 0 unspecified atom stereocenters.